The van der Waals surface area contributed by atoms with Gasteiger partial charge in [-0.15, -0.1) is 0 Å². The third-order valence-corrected chi connectivity index (χ3v) is 2.35. The molecule has 1 heterocycles. The molecule has 0 saturated heterocycles. The molecule has 1 aromatic carbocycles. The Hall–Kier alpha value is -2.05. The average molecular weight is 258 g/mol. The molecule has 0 N–H and O–H groups in total. The zero-order valence-corrected chi connectivity index (χ0v) is 9.36. The molecule has 0 amide bonds. The Kier molecular flexibility index (Phi) is 2.98. The summed E-state index contributed by atoms with van der Waals surface area (Å²) in [7, 11) is 1.11. The molecule has 18 heavy (non-hydrogen) atoms. The maximum atomic E-state index is 12.4. The summed E-state index contributed by atoms with van der Waals surface area (Å²) in [6.45, 7) is -1.33. The van der Waals surface area contributed by atoms with Crippen LogP contribution in [0.4, 0.5) is 13.2 Å². The van der Waals surface area contributed by atoms with Crippen LogP contribution in [0.1, 0.15) is 10.5 Å². The Labute approximate surface area is 100.0 Å². The Morgan fingerprint density at radius 3 is 2.67 bits per heavy atom. The predicted molar refractivity (Wildman–Crippen MR) is 57.1 cm³/mol. The van der Waals surface area contributed by atoms with Crippen molar-refractivity contribution in [2.24, 2.45) is 0 Å². The first-order valence-corrected chi connectivity index (χ1v) is 5.03. The highest BCUT2D eigenvalue weighted by Crippen LogP contribution is 2.23. The van der Waals surface area contributed by atoms with Crippen LogP contribution in [0.2, 0.25) is 0 Å². The Morgan fingerprint density at radius 1 is 1.39 bits per heavy atom. The number of aromatic nitrogens is 2. The number of alkyl halides is 3. The van der Waals surface area contributed by atoms with E-state index in [-0.39, 0.29) is 5.69 Å². The maximum Gasteiger partial charge on any atom is 0.408 e. The second kappa shape index (κ2) is 4.32. The number of ether oxygens (including phenoxy) is 1. The van der Waals surface area contributed by atoms with Crippen LogP contribution >= 0.6 is 0 Å². The van der Waals surface area contributed by atoms with Gasteiger partial charge in [-0.25, -0.2) is 9.48 Å². The van der Waals surface area contributed by atoms with Crippen molar-refractivity contribution >= 4 is 16.9 Å². The van der Waals surface area contributed by atoms with Gasteiger partial charge in [0.15, 0.2) is 5.69 Å². The summed E-state index contributed by atoms with van der Waals surface area (Å²) in [4.78, 5) is 11.5. The summed E-state index contributed by atoms with van der Waals surface area (Å²) >= 11 is 0. The molecular weight excluding hydrogens is 249 g/mol. The standard InChI is InChI=1S/C11H9F3N2O2/c1-18-10(17)9-7-4-2-3-5-8(7)15-16(9)6-11(12,13)14/h2-5H,6H2,1H3. The molecule has 0 aliphatic rings. The molecule has 1 aromatic heterocycles. The maximum absolute atomic E-state index is 12.4. The van der Waals surface area contributed by atoms with Crippen molar-refractivity contribution in [1.82, 2.24) is 9.78 Å². The monoisotopic (exact) mass is 258 g/mol. The number of fused-ring (bicyclic) bond motifs is 1. The lowest BCUT2D eigenvalue weighted by molar-refractivity contribution is -0.142. The zero-order valence-electron chi connectivity index (χ0n) is 9.36. The van der Waals surface area contributed by atoms with Gasteiger partial charge in [0.25, 0.3) is 0 Å². The number of esters is 1. The molecule has 0 atom stereocenters. The number of carbonyl (C=O) groups excluding carboxylic acids is 1. The minimum atomic E-state index is -4.45. The quantitative estimate of drug-likeness (QED) is 0.777. The van der Waals surface area contributed by atoms with E-state index in [1.807, 2.05) is 0 Å². The number of rotatable bonds is 2. The van der Waals surface area contributed by atoms with Crippen molar-refractivity contribution in [3.8, 4) is 0 Å². The smallest absolute Gasteiger partial charge is 0.408 e. The van der Waals surface area contributed by atoms with Crippen LogP contribution in [0.5, 0.6) is 0 Å². The van der Waals surface area contributed by atoms with E-state index >= 15 is 0 Å². The van der Waals surface area contributed by atoms with E-state index < -0.39 is 18.7 Å². The number of methoxy groups -OCH3 is 1. The van der Waals surface area contributed by atoms with Gasteiger partial charge in [-0.1, -0.05) is 18.2 Å². The summed E-state index contributed by atoms with van der Waals surface area (Å²) in [6, 6.07) is 6.32. The van der Waals surface area contributed by atoms with Crippen LogP contribution in [-0.4, -0.2) is 29.0 Å². The molecular formula is C11H9F3N2O2. The molecule has 2 rings (SSSR count). The van der Waals surface area contributed by atoms with Crippen LogP contribution in [0.15, 0.2) is 24.3 Å². The van der Waals surface area contributed by atoms with Crippen molar-refractivity contribution < 1.29 is 22.7 Å². The van der Waals surface area contributed by atoms with Crippen LogP contribution in [0, 0.1) is 0 Å². The van der Waals surface area contributed by atoms with Gasteiger partial charge in [-0.05, 0) is 6.07 Å². The summed E-state index contributed by atoms with van der Waals surface area (Å²) in [5.41, 5.74) is 0.132. The summed E-state index contributed by atoms with van der Waals surface area (Å²) in [6.07, 6.45) is -4.45. The van der Waals surface area contributed by atoms with Gasteiger partial charge in [0.1, 0.15) is 6.54 Å². The van der Waals surface area contributed by atoms with Crippen molar-refractivity contribution in [1.29, 1.82) is 0 Å². The molecule has 0 spiro atoms. The highest BCUT2D eigenvalue weighted by molar-refractivity contribution is 6.02. The van der Waals surface area contributed by atoms with E-state index in [1.54, 1.807) is 12.1 Å². The fourth-order valence-electron chi connectivity index (χ4n) is 1.68. The minimum Gasteiger partial charge on any atom is -0.464 e. The van der Waals surface area contributed by atoms with Gasteiger partial charge in [0.05, 0.1) is 12.6 Å². The van der Waals surface area contributed by atoms with E-state index in [9.17, 15) is 18.0 Å². The van der Waals surface area contributed by atoms with Crippen LogP contribution in [0.25, 0.3) is 10.9 Å². The Bertz CT molecular complexity index is 589. The third kappa shape index (κ3) is 2.29. The van der Waals surface area contributed by atoms with Crippen molar-refractivity contribution in [2.45, 2.75) is 12.7 Å². The van der Waals surface area contributed by atoms with E-state index in [2.05, 4.69) is 9.84 Å². The second-order valence-electron chi connectivity index (χ2n) is 3.63. The molecule has 0 radical (unpaired) electrons. The predicted octanol–water partition coefficient (Wildman–Crippen LogP) is 2.39. The molecule has 0 bridgehead atoms. The minimum absolute atomic E-state index is 0.189. The molecule has 96 valence electrons. The fourth-order valence-corrected chi connectivity index (χ4v) is 1.68. The Morgan fingerprint density at radius 2 is 2.06 bits per heavy atom. The fraction of sp³-hybridized carbons (Fsp3) is 0.273. The lowest BCUT2D eigenvalue weighted by atomic mass is 10.2. The molecule has 4 nitrogen and oxygen atoms in total. The lowest BCUT2D eigenvalue weighted by Gasteiger charge is -2.08. The first-order chi connectivity index (χ1) is 8.42. The highest BCUT2D eigenvalue weighted by Gasteiger charge is 2.32. The number of halogens is 3. The number of hydrogen-bond acceptors (Lipinski definition) is 3. The first kappa shape index (κ1) is 12.4. The summed E-state index contributed by atoms with van der Waals surface area (Å²) in [5.74, 6) is -0.840. The number of nitrogens with zero attached hydrogens (tertiary/aromatic N) is 2. The SMILES string of the molecule is COC(=O)c1c2ccccc2nn1CC(F)(F)F. The zero-order chi connectivity index (χ0) is 13.3. The molecule has 0 saturated carbocycles. The number of hydrogen-bond donors (Lipinski definition) is 0. The third-order valence-electron chi connectivity index (χ3n) is 2.35. The number of carbonyl (C=O) groups is 1. The first-order valence-electron chi connectivity index (χ1n) is 5.03. The molecule has 0 unspecified atom stereocenters. The normalized spacial score (nSPS) is 11.8. The molecule has 0 fully saturated rings. The van der Waals surface area contributed by atoms with Crippen LogP contribution in [0.3, 0.4) is 0 Å². The Balaban J connectivity index is 2.61. The number of benzene rings is 1. The summed E-state index contributed by atoms with van der Waals surface area (Å²) < 4.78 is 42.3. The van der Waals surface area contributed by atoms with Gasteiger partial charge >= 0.3 is 12.1 Å². The van der Waals surface area contributed by atoms with Crippen LogP contribution in [-0.2, 0) is 11.3 Å². The van der Waals surface area contributed by atoms with Crippen molar-refractivity contribution in [3.63, 3.8) is 0 Å². The van der Waals surface area contributed by atoms with Crippen molar-refractivity contribution in [2.75, 3.05) is 7.11 Å². The lowest BCUT2D eigenvalue weighted by Crippen LogP contribution is -2.22. The second-order valence-corrected chi connectivity index (χ2v) is 3.63. The topological polar surface area (TPSA) is 44.1 Å². The van der Waals surface area contributed by atoms with Gasteiger partial charge in [-0.3, -0.25) is 0 Å². The molecule has 0 aliphatic carbocycles. The molecule has 7 heteroatoms. The molecule has 2 aromatic rings. The molecule has 0 aliphatic heterocycles. The van der Waals surface area contributed by atoms with Gasteiger partial charge in [0, 0.05) is 5.39 Å². The van der Waals surface area contributed by atoms with Gasteiger partial charge in [0.2, 0.25) is 0 Å². The van der Waals surface area contributed by atoms with E-state index in [0.717, 1.165) is 7.11 Å². The van der Waals surface area contributed by atoms with Crippen LogP contribution < -0.4 is 0 Å². The highest BCUT2D eigenvalue weighted by atomic mass is 19.4. The largest absolute Gasteiger partial charge is 0.464 e. The van der Waals surface area contributed by atoms with E-state index in [0.29, 0.717) is 15.6 Å². The van der Waals surface area contributed by atoms with Crippen molar-refractivity contribution in [3.05, 3.63) is 30.0 Å². The van der Waals surface area contributed by atoms with Gasteiger partial charge < -0.3 is 4.74 Å². The van der Waals surface area contributed by atoms with E-state index in [4.69, 9.17) is 0 Å². The average Bonchev–Trinajstić information content (AvgIpc) is 2.63. The summed E-state index contributed by atoms with van der Waals surface area (Å²) in [5, 5.41) is 4.10. The van der Waals surface area contributed by atoms with Gasteiger partial charge in [-0.2, -0.15) is 18.3 Å². The van der Waals surface area contributed by atoms with E-state index in [1.165, 1.54) is 12.1 Å².